The number of benzene rings is 2. The Morgan fingerprint density at radius 3 is 2.96 bits per heavy atom. The van der Waals surface area contributed by atoms with Crippen LogP contribution in [0.15, 0.2) is 57.9 Å². The summed E-state index contributed by atoms with van der Waals surface area (Å²) in [6.45, 7) is -0.563. The smallest absolute Gasteiger partial charge is 0.246 e. The minimum absolute atomic E-state index is 0.00340. The molecule has 126 valence electrons. The maximum absolute atomic E-state index is 12.3. The molecular weight excluding hydrogens is 322 g/mol. The van der Waals surface area contributed by atoms with Crippen LogP contribution in [0, 0.1) is 0 Å². The number of hydrogen-bond donors (Lipinski definition) is 1. The van der Waals surface area contributed by atoms with Crippen molar-refractivity contribution in [1.29, 1.82) is 0 Å². The monoisotopic (exact) mass is 337 g/mol. The van der Waals surface area contributed by atoms with Crippen LogP contribution in [0.25, 0.3) is 11.0 Å². The van der Waals surface area contributed by atoms with Gasteiger partial charge in [-0.1, -0.05) is 24.3 Å². The van der Waals surface area contributed by atoms with E-state index in [-0.39, 0.29) is 19.1 Å². The van der Waals surface area contributed by atoms with Crippen LogP contribution in [0.3, 0.4) is 0 Å². The van der Waals surface area contributed by atoms with E-state index in [1.54, 1.807) is 18.2 Å². The van der Waals surface area contributed by atoms with Crippen molar-refractivity contribution < 1.29 is 18.3 Å². The van der Waals surface area contributed by atoms with Crippen molar-refractivity contribution in [3.8, 4) is 5.75 Å². The second-order valence-electron chi connectivity index (χ2n) is 5.58. The van der Waals surface area contributed by atoms with Gasteiger partial charge in [0.25, 0.3) is 0 Å². The number of rotatable bonds is 4. The Morgan fingerprint density at radius 1 is 1.20 bits per heavy atom. The average Bonchev–Trinajstić information content (AvgIpc) is 2.90. The van der Waals surface area contributed by atoms with Gasteiger partial charge in [-0.2, -0.15) is 0 Å². The van der Waals surface area contributed by atoms with Crippen molar-refractivity contribution in [1.82, 2.24) is 0 Å². The molecule has 0 radical (unpaired) electrons. The topological polar surface area (TPSA) is 63.8 Å². The summed E-state index contributed by atoms with van der Waals surface area (Å²) in [5.41, 5.74) is 2.60. The number of amides is 1. The van der Waals surface area contributed by atoms with Gasteiger partial charge in [0.15, 0.2) is 5.76 Å². The highest BCUT2D eigenvalue weighted by Gasteiger charge is 2.24. The highest BCUT2D eigenvalue weighted by Crippen LogP contribution is 2.34. The maximum atomic E-state index is 12.3. The quantitative estimate of drug-likeness (QED) is 0.791. The SMILES string of the molecule is O=C1CN=C(c2cccc(OCC[18F])c2)c2oc3ccccc3c2N1. The van der Waals surface area contributed by atoms with Crippen molar-refractivity contribution >= 4 is 28.3 Å². The molecule has 0 atom stereocenters. The van der Waals surface area contributed by atoms with Crippen LogP contribution in [-0.2, 0) is 4.79 Å². The summed E-state index contributed by atoms with van der Waals surface area (Å²) >= 11 is 0. The zero-order chi connectivity index (χ0) is 17.2. The molecule has 2 aromatic carbocycles. The molecule has 1 aromatic heterocycles. The van der Waals surface area contributed by atoms with Gasteiger partial charge in [-0.25, -0.2) is 4.39 Å². The fraction of sp³-hybridized carbons (Fsp3) is 0.158. The summed E-state index contributed by atoms with van der Waals surface area (Å²) in [7, 11) is 0. The lowest BCUT2D eigenvalue weighted by molar-refractivity contribution is -0.114. The van der Waals surface area contributed by atoms with E-state index in [1.165, 1.54) is 0 Å². The van der Waals surface area contributed by atoms with Gasteiger partial charge in [0, 0.05) is 10.9 Å². The lowest BCUT2D eigenvalue weighted by Gasteiger charge is -2.07. The molecule has 0 saturated heterocycles. The third-order valence-corrected chi connectivity index (χ3v) is 3.91. The van der Waals surface area contributed by atoms with Gasteiger partial charge in [0.2, 0.25) is 5.91 Å². The van der Waals surface area contributed by atoms with Crippen molar-refractivity contribution in [2.24, 2.45) is 4.99 Å². The number of anilines is 1. The summed E-state index contributed by atoms with van der Waals surface area (Å²) in [5, 5.41) is 3.69. The molecule has 0 unspecified atom stereocenters. The normalized spacial score (nSPS) is 13.8. The lowest BCUT2D eigenvalue weighted by atomic mass is 10.1. The Kier molecular flexibility index (Phi) is 3.93. The number of para-hydroxylation sites is 1. The highest BCUT2D eigenvalue weighted by atomic mass is 18.2. The molecule has 0 aliphatic carbocycles. The molecule has 5 nitrogen and oxygen atoms in total. The van der Waals surface area contributed by atoms with Gasteiger partial charge in [-0.3, -0.25) is 9.79 Å². The minimum atomic E-state index is -0.558. The second-order valence-corrected chi connectivity index (χ2v) is 5.58. The first-order valence-electron chi connectivity index (χ1n) is 7.91. The fourth-order valence-electron chi connectivity index (χ4n) is 2.85. The van der Waals surface area contributed by atoms with Gasteiger partial charge < -0.3 is 14.5 Å². The van der Waals surface area contributed by atoms with Crippen molar-refractivity contribution in [3.05, 3.63) is 59.9 Å². The average molecular weight is 337 g/mol. The number of fused-ring (bicyclic) bond motifs is 3. The standard InChI is InChI=1S/C19H15FN2O3/c20-8-9-24-13-5-3-4-12(10-13)17-19-18(22-16(23)11-21-17)14-6-1-2-7-15(14)25-19/h1-7,10H,8-9,11H2,(H,22,23)/i20-1. The Bertz CT molecular complexity index is 978. The predicted molar refractivity (Wildman–Crippen MR) is 93.3 cm³/mol. The van der Waals surface area contributed by atoms with Crippen molar-refractivity contribution in [2.75, 3.05) is 25.1 Å². The summed E-state index contributed by atoms with van der Waals surface area (Å²) in [5.74, 6) is 0.848. The van der Waals surface area contributed by atoms with Crippen molar-refractivity contribution in [2.45, 2.75) is 0 Å². The molecule has 4 rings (SSSR count). The summed E-state index contributed by atoms with van der Waals surface area (Å²) < 4.78 is 23.6. The van der Waals surface area contributed by atoms with E-state index in [0.29, 0.717) is 28.5 Å². The number of nitrogens with one attached hydrogen (secondary N) is 1. The van der Waals surface area contributed by atoms with E-state index in [1.807, 2.05) is 30.3 Å². The van der Waals surface area contributed by atoms with Crippen LogP contribution in [0.5, 0.6) is 5.75 Å². The maximum Gasteiger partial charge on any atom is 0.246 e. The van der Waals surface area contributed by atoms with E-state index in [0.717, 1.165) is 10.9 Å². The molecule has 25 heavy (non-hydrogen) atoms. The van der Waals surface area contributed by atoms with Crippen molar-refractivity contribution in [3.63, 3.8) is 0 Å². The fourth-order valence-corrected chi connectivity index (χ4v) is 2.85. The molecule has 0 fully saturated rings. The van der Waals surface area contributed by atoms with E-state index >= 15 is 0 Å². The summed E-state index contributed by atoms with van der Waals surface area (Å²) in [6, 6.07) is 14.7. The highest BCUT2D eigenvalue weighted by molar-refractivity contribution is 6.21. The van der Waals surface area contributed by atoms with Gasteiger partial charge in [0.05, 0.1) is 5.69 Å². The largest absolute Gasteiger partial charge is 0.491 e. The Morgan fingerprint density at radius 2 is 2.08 bits per heavy atom. The number of halogens is 1. The van der Waals surface area contributed by atoms with Gasteiger partial charge in [-0.05, 0) is 24.3 Å². The van der Waals surface area contributed by atoms with E-state index in [4.69, 9.17) is 9.15 Å². The first-order chi connectivity index (χ1) is 12.3. The number of ether oxygens (including phenoxy) is 1. The summed E-state index contributed by atoms with van der Waals surface area (Å²) in [4.78, 5) is 16.5. The molecule has 3 aromatic rings. The lowest BCUT2D eigenvalue weighted by Crippen LogP contribution is -2.13. The first kappa shape index (κ1) is 15.4. The number of carbonyl (C=O) groups is 1. The van der Waals surface area contributed by atoms with Crippen LogP contribution < -0.4 is 10.1 Å². The third-order valence-electron chi connectivity index (χ3n) is 3.91. The number of nitrogens with zero attached hydrogens (tertiary/aromatic N) is 1. The molecule has 0 bridgehead atoms. The second kappa shape index (κ2) is 6.39. The van der Waals surface area contributed by atoms with E-state index < -0.39 is 6.67 Å². The Balaban J connectivity index is 1.84. The molecular formula is C19H15FN2O3. The van der Waals surface area contributed by atoms with Crippen LogP contribution >= 0.6 is 0 Å². The van der Waals surface area contributed by atoms with E-state index in [9.17, 15) is 9.18 Å². The van der Waals surface area contributed by atoms with Crippen LogP contribution in [0.2, 0.25) is 0 Å². The van der Waals surface area contributed by atoms with Crippen LogP contribution in [0.4, 0.5) is 10.1 Å². The van der Waals surface area contributed by atoms with Gasteiger partial charge in [0.1, 0.15) is 36.9 Å². The van der Waals surface area contributed by atoms with Gasteiger partial charge in [-0.15, -0.1) is 0 Å². The Hall–Kier alpha value is -3.15. The summed E-state index contributed by atoms with van der Waals surface area (Å²) in [6.07, 6.45) is 0. The predicted octanol–water partition coefficient (Wildman–Crippen LogP) is 3.57. The Labute approximate surface area is 143 Å². The number of aliphatic imine (C=N–C) groups is 1. The molecule has 1 N–H and O–H groups in total. The molecule has 6 heteroatoms. The third kappa shape index (κ3) is 2.87. The van der Waals surface area contributed by atoms with Crippen LogP contribution in [-0.4, -0.2) is 31.4 Å². The molecule has 1 aliphatic heterocycles. The molecule has 1 aliphatic rings. The van der Waals surface area contributed by atoms with E-state index in [2.05, 4.69) is 10.3 Å². The molecule has 2 heterocycles. The number of furan rings is 1. The zero-order valence-corrected chi connectivity index (χ0v) is 13.3. The number of hydrogen-bond acceptors (Lipinski definition) is 4. The molecule has 0 saturated carbocycles. The number of alkyl halides is 1. The zero-order valence-electron chi connectivity index (χ0n) is 13.3. The molecule has 0 spiro atoms. The minimum Gasteiger partial charge on any atom is -0.491 e. The molecule has 1 amide bonds. The van der Waals surface area contributed by atoms with Crippen LogP contribution in [0.1, 0.15) is 11.3 Å². The number of carbonyl (C=O) groups excluding carboxylic acids is 1. The first-order valence-corrected chi connectivity index (χ1v) is 7.91. The van der Waals surface area contributed by atoms with Gasteiger partial charge >= 0.3 is 0 Å².